The van der Waals surface area contributed by atoms with Crippen molar-refractivity contribution in [3.8, 4) is 5.75 Å². The minimum absolute atomic E-state index is 0.0186. The van der Waals surface area contributed by atoms with Crippen molar-refractivity contribution >= 4 is 27.5 Å². The Hall–Kier alpha value is -4.70. The Kier molecular flexibility index (Phi) is 12.1. The molecule has 4 aromatic carbocycles. The average molecular weight is 660 g/mol. The first-order chi connectivity index (χ1) is 22.5. The number of rotatable bonds is 15. The standard InChI is InChI=1S/C37H42FN3O5S/c1-5-46-33-19-21-34(22-20-33)47(44,45)41(32-17-11-28(4)12-18-32)26-36(42)40(25-30-13-15-31(38)16-14-30)35(37(43)39-24-27(2)3)23-29-9-7-6-8-10-29/h6-22,27,35H,5,23-26H2,1-4H3,(H,39,43)/t35-/m0/s1. The predicted molar refractivity (Wildman–Crippen MR) is 182 cm³/mol. The van der Waals surface area contributed by atoms with Gasteiger partial charge in [-0.15, -0.1) is 0 Å². The second-order valence-corrected chi connectivity index (χ2v) is 13.6. The van der Waals surface area contributed by atoms with Gasteiger partial charge < -0.3 is 15.0 Å². The lowest BCUT2D eigenvalue weighted by Crippen LogP contribution is -2.53. The summed E-state index contributed by atoms with van der Waals surface area (Å²) in [4.78, 5) is 29.7. The Labute approximate surface area is 277 Å². The zero-order chi connectivity index (χ0) is 34.0. The molecular weight excluding hydrogens is 617 g/mol. The summed E-state index contributed by atoms with van der Waals surface area (Å²) in [7, 11) is -4.25. The van der Waals surface area contributed by atoms with Gasteiger partial charge in [0.2, 0.25) is 11.8 Å². The molecule has 0 radical (unpaired) electrons. The maximum absolute atomic E-state index is 14.5. The minimum atomic E-state index is -4.25. The molecule has 0 aromatic heterocycles. The van der Waals surface area contributed by atoms with Crippen molar-refractivity contribution in [2.24, 2.45) is 5.92 Å². The molecular formula is C37H42FN3O5S. The van der Waals surface area contributed by atoms with Gasteiger partial charge in [-0.05, 0) is 79.4 Å². The monoisotopic (exact) mass is 659 g/mol. The van der Waals surface area contributed by atoms with Crippen molar-refractivity contribution in [2.75, 3.05) is 24.0 Å². The van der Waals surface area contributed by atoms with E-state index in [0.29, 0.717) is 30.2 Å². The van der Waals surface area contributed by atoms with Crippen molar-refractivity contribution in [2.45, 2.75) is 51.6 Å². The number of carbonyl (C=O) groups excluding carboxylic acids is 2. The molecule has 10 heteroatoms. The van der Waals surface area contributed by atoms with Gasteiger partial charge in [-0.2, -0.15) is 0 Å². The smallest absolute Gasteiger partial charge is 0.264 e. The number of carbonyl (C=O) groups is 2. The molecule has 47 heavy (non-hydrogen) atoms. The number of benzene rings is 4. The van der Waals surface area contributed by atoms with Gasteiger partial charge in [0.25, 0.3) is 10.0 Å². The summed E-state index contributed by atoms with van der Waals surface area (Å²) in [5.41, 5.74) is 2.63. The van der Waals surface area contributed by atoms with Crippen LogP contribution in [0.15, 0.2) is 108 Å². The quantitative estimate of drug-likeness (QED) is 0.166. The molecule has 0 saturated heterocycles. The van der Waals surface area contributed by atoms with Crippen LogP contribution < -0.4 is 14.4 Å². The zero-order valence-corrected chi connectivity index (χ0v) is 28.0. The van der Waals surface area contributed by atoms with Gasteiger partial charge in [0, 0.05) is 19.5 Å². The third kappa shape index (κ3) is 9.65. The topological polar surface area (TPSA) is 96.0 Å². The van der Waals surface area contributed by atoms with Crippen LogP contribution in [0.1, 0.15) is 37.5 Å². The van der Waals surface area contributed by atoms with E-state index >= 15 is 0 Å². The largest absolute Gasteiger partial charge is 0.494 e. The Morgan fingerprint density at radius 2 is 1.49 bits per heavy atom. The zero-order valence-electron chi connectivity index (χ0n) is 27.2. The average Bonchev–Trinajstić information content (AvgIpc) is 3.06. The molecule has 0 aliphatic heterocycles. The third-order valence-corrected chi connectivity index (χ3v) is 9.33. The first-order valence-corrected chi connectivity index (χ1v) is 17.1. The van der Waals surface area contributed by atoms with Crippen LogP contribution in [0.5, 0.6) is 5.75 Å². The number of aryl methyl sites for hydroxylation is 1. The van der Waals surface area contributed by atoms with E-state index in [1.807, 2.05) is 58.0 Å². The van der Waals surface area contributed by atoms with E-state index in [4.69, 9.17) is 4.74 Å². The van der Waals surface area contributed by atoms with E-state index in [1.165, 1.54) is 29.2 Å². The number of sulfonamides is 1. The molecule has 1 N–H and O–H groups in total. The van der Waals surface area contributed by atoms with Crippen LogP contribution in [0.3, 0.4) is 0 Å². The number of hydrogen-bond donors (Lipinski definition) is 1. The first-order valence-electron chi connectivity index (χ1n) is 15.7. The van der Waals surface area contributed by atoms with Gasteiger partial charge in [-0.1, -0.05) is 74.0 Å². The molecule has 0 fully saturated rings. The Morgan fingerprint density at radius 3 is 2.09 bits per heavy atom. The highest BCUT2D eigenvalue weighted by molar-refractivity contribution is 7.92. The number of nitrogens with zero attached hydrogens (tertiary/aromatic N) is 2. The van der Waals surface area contributed by atoms with Crippen molar-refractivity contribution in [1.29, 1.82) is 0 Å². The maximum atomic E-state index is 14.5. The summed E-state index contributed by atoms with van der Waals surface area (Å²) in [6.45, 7) is 7.85. The fourth-order valence-electron chi connectivity index (χ4n) is 5.00. The fraction of sp³-hybridized carbons (Fsp3) is 0.297. The first kappa shape index (κ1) is 35.2. The molecule has 0 saturated carbocycles. The Morgan fingerprint density at radius 1 is 0.851 bits per heavy atom. The predicted octanol–water partition coefficient (Wildman–Crippen LogP) is 6.14. The van der Waals surface area contributed by atoms with Crippen LogP contribution in [0.4, 0.5) is 10.1 Å². The van der Waals surface area contributed by atoms with E-state index < -0.39 is 34.3 Å². The number of halogens is 1. The minimum Gasteiger partial charge on any atom is -0.494 e. The second-order valence-electron chi connectivity index (χ2n) is 11.7. The summed E-state index contributed by atoms with van der Waals surface area (Å²) in [6, 6.07) is 26.9. The second kappa shape index (κ2) is 16.2. The molecule has 4 aromatic rings. The van der Waals surface area contributed by atoms with Gasteiger partial charge in [0.15, 0.2) is 0 Å². The number of nitrogens with one attached hydrogen (secondary N) is 1. The van der Waals surface area contributed by atoms with E-state index in [-0.39, 0.29) is 29.7 Å². The Balaban J connectivity index is 1.78. The molecule has 0 unspecified atom stereocenters. The van der Waals surface area contributed by atoms with Gasteiger partial charge in [-0.3, -0.25) is 13.9 Å². The van der Waals surface area contributed by atoms with Crippen LogP contribution in [0, 0.1) is 18.7 Å². The van der Waals surface area contributed by atoms with E-state index in [1.54, 1.807) is 48.5 Å². The van der Waals surface area contributed by atoms with Gasteiger partial charge in [-0.25, -0.2) is 12.8 Å². The molecule has 2 amide bonds. The van der Waals surface area contributed by atoms with Gasteiger partial charge >= 0.3 is 0 Å². The molecule has 0 aliphatic rings. The Bertz CT molecular complexity index is 1710. The summed E-state index contributed by atoms with van der Waals surface area (Å²) < 4.78 is 48.8. The summed E-state index contributed by atoms with van der Waals surface area (Å²) in [6.07, 6.45) is 0.188. The molecule has 0 heterocycles. The molecule has 0 bridgehead atoms. The lowest BCUT2D eigenvalue weighted by molar-refractivity contribution is -0.140. The highest BCUT2D eigenvalue weighted by Gasteiger charge is 2.34. The molecule has 8 nitrogen and oxygen atoms in total. The normalized spacial score (nSPS) is 12.0. The van der Waals surface area contributed by atoms with Crippen LogP contribution in [0.25, 0.3) is 0 Å². The maximum Gasteiger partial charge on any atom is 0.264 e. The van der Waals surface area contributed by atoms with Crippen molar-refractivity contribution in [3.63, 3.8) is 0 Å². The van der Waals surface area contributed by atoms with Crippen LogP contribution in [-0.2, 0) is 32.6 Å². The number of anilines is 1. The molecule has 0 spiro atoms. The lowest BCUT2D eigenvalue weighted by Gasteiger charge is -2.34. The highest BCUT2D eigenvalue weighted by atomic mass is 32.2. The molecule has 1 atom stereocenters. The number of amides is 2. The van der Waals surface area contributed by atoms with E-state index in [2.05, 4.69) is 5.32 Å². The van der Waals surface area contributed by atoms with E-state index in [9.17, 15) is 22.4 Å². The third-order valence-electron chi connectivity index (χ3n) is 7.55. The molecule has 248 valence electrons. The van der Waals surface area contributed by atoms with Crippen LogP contribution >= 0.6 is 0 Å². The van der Waals surface area contributed by atoms with Gasteiger partial charge in [0.05, 0.1) is 17.2 Å². The summed E-state index contributed by atoms with van der Waals surface area (Å²) in [5.74, 6) is -0.714. The summed E-state index contributed by atoms with van der Waals surface area (Å²) in [5, 5.41) is 2.96. The van der Waals surface area contributed by atoms with Crippen molar-refractivity contribution < 1.29 is 27.1 Å². The highest BCUT2D eigenvalue weighted by Crippen LogP contribution is 2.27. The van der Waals surface area contributed by atoms with Crippen LogP contribution in [-0.4, -0.2) is 50.9 Å². The lowest BCUT2D eigenvalue weighted by atomic mass is 10.0. The number of ether oxygens (including phenoxy) is 1. The van der Waals surface area contributed by atoms with Crippen LogP contribution in [0.2, 0.25) is 0 Å². The van der Waals surface area contributed by atoms with E-state index in [0.717, 1.165) is 15.4 Å². The SMILES string of the molecule is CCOc1ccc(S(=O)(=O)N(CC(=O)N(Cc2ccc(F)cc2)[C@@H](Cc2ccccc2)C(=O)NCC(C)C)c2ccc(C)cc2)cc1. The fourth-order valence-corrected chi connectivity index (χ4v) is 6.42. The van der Waals surface area contributed by atoms with Gasteiger partial charge in [0.1, 0.15) is 24.2 Å². The molecule has 0 aliphatic carbocycles. The van der Waals surface area contributed by atoms with Crippen molar-refractivity contribution in [3.05, 3.63) is 126 Å². The van der Waals surface area contributed by atoms with Crippen molar-refractivity contribution in [1.82, 2.24) is 10.2 Å². The molecule has 4 rings (SSSR count). The number of hydrogen-bond acceptors (Lipinski definition) is 5. The summed E-state index contributed by atoms with van der Waals surface area (Å²) >= 11 is 0.